The van der Waals surface area contributed by atoms with Gasteiger partial charge in [0.25, 0.3) is 11.6 Å². The van der Waals surface area contributed by atoms with Crippen LogP contribution in [0.4, 0.5) is 10.1 Å². The van der Waals surface area contributed by atoms with E-state index in [9.17, 15) is 19.3 Å². The van der Waals surface area contributed by atoms with Crippen LogP contribution in [0.2, 0.25) is 0 Å². The molecular formula is C15H12BrFN2O3. The van der Waals surface area contributed by atoms with E-state index >= 15 is 0 Å². The van der Waals surface area contributed by atoms with Crippen LogP contribution in [0.3, 0.4) is 0 Å². The average molecular weight is 367 g/mol. The molecule has 0 aromatic heterocycles. The summed E-state index contributed by atoms with van der Waals surface area (Å²) >= 11 is 3.14. The Morgan fingerprint density at radius 3 is 2.64 bits per heavy atom. The number of nitro groups is 1. The van der Waals surface area contributed by atoms with Gasteiger partial charge in [-0.2, -0.15) is 0 Å². The normalized spacial score (nSPS) is 10.3. The smallest absolute Gasteiger partial charge is 0.274 e. The zero-order valence-corrected chi connectivity index (χ0v) is 13.2. The summed E-state index contributed by atoms with van der Waals surface area (Å²) in [4.78, 5) is 24.2. The van der Waals surface area contributed by atoms with Crippen molar-refractivity contribution in [1.29, 1.82) is 0 Å². The second-order valence-electron chi connectivity index (χ2n) is 4.67. The van der Waals surface area contributed by atoms with Gasteiger partial charge < -0.3 is 4.90 Å². The number of benzene rings is 2. The fourth-order valence-corrected chi connectivity index (χ4v) is 2.54. The molecule has 0 saturated carbocycles. The van der Waals surface area contributed by atoms with E-state index < -0.39 is 10.7 Å². The minimum Gasteiger partial charge on any atom is -0.337 e. The minimum absolute atomic E-state index is 0.0414. The molecule has 5 nitrogen and oxygen atoms in total. The zero-order valence-electron chi connectivity index (χ0n) is 11.6. The SMILES string of the molecule is CN(Cc1ccccc1[N+](=O)[O-])C(=O)c1ccc(F)cc1Br. The Bertz CT molecular complexity index is 736. The van der Waals surface area contributed by atoms with Gasteiger partial charge in [-0.15, -0.1) is 0 Å². The topological polar surface area (TPSA) is 63.4 Å². The number of halogens is 2. The van der Waals surface area contributed by atoms with Crippen molar-refractivity contribution < 1.29 is 14.1 Å². The van der Waals surface area contributed by atoms with Gasteiger partial charge in [0, 0.05) is 23.2 Å². The number of nitro benzene ring substituents is 1. The molecule has 0 saturated heterocycles. The van der Waals surface area contributed by atoms with Crippen molar-refractivity contribution in [3.05, 3.63) is 74.0 Å². The van der Waals surface area contributed by atoms with Crippen molar-refractivity contribution >= 4 is 27.5 Å². The van der Waals surface area contributed by atoms with E-state index in [-0.39, 0.29) is 18.1 Å². The highest BCUT2D eigenvalue weighted by atomic mass is 79.9. The van der Waals surface area contributed by atoms with E-state index in [4.69, 9.17) is 0 Å². The number of carbonyl (C=O) groups is 1. The molecule has 7 heteroatoms. The lowest BCUT2D eigenvalue weighted by Gasteiger charge is -2.18. The Kier molecular flexibility index (Phi) is 4.87. The Balaban J connectivity index is 2.24. The molecule has 0 unspecified atom stereocenters. The average Bonchev–Trinajstić information content (AvgIpc) is 2.47. The first-order valence-corrected chi connectivity index (χ1v) is 7.12. The highest BCUT2D eigenvalue weighted by Gasteiger charge is 2.19. The molecule has 0 aliphatic heterocycles. The molecule has 114 valence electrons. The number of nitrogens with zero attached hydrogens (tertiary/aromatic N) is 2. The monoisotopic (exact) mass is 366 g/mol. The number of carbonyl (C=O) groups excluding carboxylic acids is 1. The fraction of sp³-hybridized carbons (Fsp3) is 0.133. The minimum atomic E-state index is -0.485. The van der Waals surface area contributed by atoms with Crippen LogP contribution < -0.4 is 0 Å². The molecule has 0 bridgehead atoms. The van der Waals surface area contributed by atoms with Gasteiger partial charge in [0.05, 0.1) is 17.0 Å². The molecule has 2 aromatic rings. The lowest BCUT2D eigenvalue weighted by molar-refractivity contribution is -0.385. The maximum atomic E-state index is 13.1. The third-order valence-electron chi connectivity index (χ3n) is 3.10. The molecule has 1 amide bonds. The molecule has 0 N–H and O–H groups in total. The quantitative estimate of drug-likeness (QED) is 0.611. The highest BCUT2D eigenvalue weighted by Crippen LogP contribution is 2.22. The summed E-state index contributed by atoms with van der Waals surface area (Å²) in [6, 6.07) is 10.00. The molecule has 22 heavy (non-hydrogen) atoms. The summed E-state index contributed by atoms with van der Waals surface area (Å²) in [7, 11) is 1.54. The van der Waals surface area contributed by atoms with Gasteiger partial charge in [-0.3, -0.25) is 14.9 Å². The molecule has 0 heterocycles. The molecule has 0 aliphatic carbocycles. The van der Waals surface area contributed by atoms with Gasteiger partial charge in [0.1, 0.15) is 5.82 Å². The van der Waals surface area contributed by atoms with Crippen molar-refractivity contribution in [3.8, 4) is 0 Å². The molecule has 0 atom stereocenters. The van der Waals surface area contributed by atoms with E-state index in [0.717, 1.165) is 0 Å². The van der Waals surface area contributed by atoms with Gasteiger partial charge in [-0.1, -0.05) is 18.2 Å². The van der Waals surface area contributed by atoms with Crippen LogP contribution in [0, 0.1) is 15.9 Å². The van der Waals surface area contributed by atoms with Crippen LogP contribution in [-0.4, -0.2) is 22.8 Å². The molecular weight excluding hydrogens is 355 g/mol. The van der Waals surface area contributed by atoms with Crippen LogP contribution in [0.25, 0.3) is 0 Å². The van der Waals surface area contributed by atoms with Crippen LogP contribution >= 0.6 is 15.9 Å². The maximum Gasteiger partial charge on any atom is 0.274 e. The Labute approximate surface area is 134 Å². The molecule has 2 aromatic carbocycles. The van der Waals surface area contributed by atoms with E-state index in [1.165, 1.54) is 36.2 Å². The van der Waals surface area contributed by atoms with Gasteiger partial charge in [0.2, 0.25) is 0 Å². The summed E-state index contributed by atoms with van der Waals surface area (Å²) in [5.74, 6) is -0.810. The third kappa shape index (κ3) is 3.48. The van der Waals surface area contributed by atoms with Crippen LogP contribution in [0.5, 0.6) is 0 Å². The molecule has 2 rings (SSSR count). The number of amides is 1. The van der Waals surface area contributed by atoms with Crippen molar-refractivity contribution in [2.24, 2.45) is 0 Å². The Morgan fingerprint density at radius 1 is 1.32 bits per heavy atom. The highest BCUT2D eigenvalue weighted by molar-refractivity contribution is 9.10. The molecule has 0 fully saturated rings. The first-order valence-electron chi connectivity index (χ1n) is 6.33. The molecule has 0 radical (unpaired) electrons. The van der Waals surface area contributed by atoms with Crippen molar-refractivity contribution in [2.75, 3.05) is 7.05 Å². The van der Waals surface area contributed by atoms with Crippen LogP contribution in [-0.2, 0) is 6.54 Å². The lowest BCUT2D eigenvalue weighted by Crippen LogP contribution is -2.26. The number of rotatable bonds is 4. The summed E-state index contributed by atoms with van der Waals surface area (Å²) < 4.78 is 13.4. The Morgan fingerprint density at radius 2 is 2.00 bits per heavy atom. The molecule has 0 spiro atoms. The van der Waals surface area contributed by atoms with E-state index in [2.05, 4.69) is 15.9 Å². The Hall–Kier alpha value is -2.28. The standard InChI is InChI=1S/C15H12BrFN2O3/c1-18(9-10-4-2-3-5-14(10)19(21)22)15(20)12-7-6-11(17)8-13(12)16/h2-8H,9H2,1H3. The van der Waals surface area contributed by atoms with Gasteiger partial charge >= 0.3 is 0 Å². The van der Waals surface area contributed by atoms with Gasteiger partial charge in [-0.25, -0.2) is 4.39 Å². The summed E-state index contributed by atoms with van der Waals surface area (Å²) in [6.07, 6.45) is 0. The van der Waals surface area contributed by atoms with Gasteiger partial charge in [0.15, 0.2) is 0 Å². The van der Waals surface area contributed by atoms with Crippen molar-refractivity contribution in [2.45, 2.75) is 6.54 Å². The van der Waals surface area contributed by atoms with E-state index in [0.29, 0.717) is 15.6 Å². The van der Waals surface area contributed by atoms with Crippen LogP contribution in [0.15, 0.2) is 46.9 Å². The van der Waals surface area contributed by atoms with Crippen LogP contribution in [0.1, 0.15) is 15.9 Å². The second-order valence-corrected chi connectivity index (χ2v) is 5.53. The second kappa shape index (κ2) is 6.65. The first kappa shape index (κ1) is 16.1. The number of hydrogen-bond acceptors (Lipinski definition) is 3. The third-order valence-corrected chi connectivity index (χ3v) is 3.76. The predicted octanol–water partition coefficient (Wildman–Crippen LogP) is 3.77. The van der Waals surface area contributed by atoms with Crippen molar-refractivity contribution in [3.63, 3.8) is 0 Å². The van der Waals surface area contributed by atoms with Crippen molar-refractivity contribution in [1.82, 2.24) is 4.90 Å². The zero-order chi connectivity index (χ0) is 16.3. The lowest BCUT2D eigenvalue weighted by atomic mass is 10.1. The number of hydrogen-bond donors (Lipinski definition) is 0. The number of para-hydroxylation sites is 1. The first-order chi connectivity index (χ1) is 10.4. The summed E-state index contributed by atoms with van der Waals surface area (Å²) in [5, 5.41) is 11.0. The van der Waals surface area contributed by atoms with Gasteiger partial charge in [-0.05, 0) is 34.1 Å². The maximum absolute atomic E-state index is 13.1. The fourth-order valence-electron chi connectivity index (χ4n) is 2.02. The summed E-state index contributed by atoms with van der Waals surface area (Å²) in [6.45, 7) is 0.0831. The van der Waals surface area contributed by atoms with E-state index in [1.54, 1.807) is 18.2 Å². The summed E-state index contributed by atoms with van der Waals surface area (Å²) in [5.41, 5.74) is 0.685. The predicted molar refractivity (Wildman–Crippen MR) is 83.0 cm³/mol. The molecule has 0 aliphatic rings. The largest absolute Gasteiger partial charge is 0.337 e. The van der Waals surface area contributed by atoms with E-state index in [1.807, 2.05) is 0 Å².